The molecule has 186 valence electrons. The van der Waals surface area contributed by atoms with Crippen LogP contribution in [-0.4, -0.2) is 49.0 Å². The predicted octanol–water partition coefficient (Wildman–Crippen LogP) is 4.30. The first kappa shape index (κ1) is 24.9. The van der Waals surface area contributed by atoms with Crippen LogP contribution in [0.25, 0.3) is 11.5 Å². The van der Waals surface area contributed by atoms with Crippen LogP contribution in [0.3, 0.4) is 0 Å². The molecule has 0 saturated carbocycles. The molecule has 1 fully saturated rings. The van der Waals surface area contributed by atoms with Gasteiger partial charge in [-0.2, -0.15) is 9.29 Å². The van der Waals surface area contributed by atoms with E-state index in [0.29, 0.717) is 55.5 Å². The van der Waals surface area contributed by atoms with Crippen molar-refractivity contribution in [1.82, 2.24) is 14.4 Å². The van der Waals surface area contributed by atoms with E-state index in [-0.39, 0.29) is 22.6 Å². The number of aromatic nitrogens is 2. The summed E-state index contributed by atoms with van der Waals surface area (Å²) in [5.74, 6) is 1.87. The summed E-state index contributed by atoms with van der Waals surface area (Å²) in [5.41, 5.74) is 1.35. The maximum atomic E-state index is 13.1. The van der Waals surface area contributed by atoms with Gasteiger partial charge in [-0.1, -0.05) is 25.1 Å². The molecule has 3 aromatic rings. The summed E-state index contributed by atoms with van der Waals surface area (Å²) in [7, 11) is -2.04. The van der Waals surface area contributed by atoms with Crippen LogP contribution in [0, 0.1) is 5.92 Å². The SMILES string of the molecule is COc1cccc(-c2nc(C3CCN(S(=O)(=O)c4ccc(NC(=O)CC(C)C)cc4)CC3)no2)c1. The summed E-state index contributed by atoms with van der Waals surface area (Å²) in [5, 5.41) is 6.94. The number of carbonyl (C=O) groups excluding carboxylic acids is 1. The molecule has 0 unspecified atom stereocenters. The van der Waals surface area contributed by atoms with E-state index >= 15 is 0 Å². The minimum Gasteiger partial charge on any atom is -0.497 e. The number of piperidine rings is 1. The molecule has 1 aliphatic rings. The lowest BCUT2D eigenvalue weighted by molar-refractivity contribution is -0.116. The third-order valence-electron chi connectivity index (χ3n) is 5.95. The first-order chi connectivity index (χ1) is 16.8. The Kier molecular flexibility index (Phi) is 7.51. The van der Waals surface area contributed by atoms with Crippen LogP contribution in [0.4, 0.5) is 5.69 Å². The van der Waals surface area contributed by atoms with Crippen molar-refractivity contribution in [3.63, 3.8) is 0 Å². The zero-order chi connectivity index (χ0) is 25.0. The van der Waals surface area contributed by atoms with E-state index in [4.69, 9.17) is 9.26 Å². The molecule has 2 heterocycles. The average molecular weight is 499 g/mol. The van der Waals surface area contributed by atoms with Crippen LogP contribution >= 0.6 is 0 Å². The van der Waals surface area contributed by atoms with Crippen LogP contribution in [0.15, 0.2) is 57.9 Å². The second kappa shape index (κ2) is 10.6. The third kappa shape index (κ3) is 5.88. The van der Waals surface area contributed by atoms with E-state index in [1.54, 1.807) is 19.2 Å². The van der Waals surface area contributed by atoms with E-state index in [1.165, 1.54) is 16.4 Å². The van der Waals surface area contributed by atoms with Crippen LogP contribution < -0.4 is 10.1 Å². The molecule has 1 amide bonds. The first-order valence-electron chi connectivity index (χ1n) is 11.6. The number of carbonyl (C=O) groups is 1. The Morgan fingerprint density at radius 1 is 1.17 bits per heavy atom. The molecule has 0 atom stereocenters. The highest BCUT2D eigenvalue weighted by Crippen LogP contribution is 2.31. The Hall–Kier alpha value is -3.24. The van der Waals surface area contributed by atoms with Gasteiger partial charge in [0.05, 0.1) is 12.0 Å². The van der Waals surface area contributed by atoms with E-state index < -0.39 is 10.0 Å². The summed E-state index contributed by atoms with van der Waals surface area (Å²) in [6.07, 6.45) is 1.61. The number of sulfonamides is 1. The van der Waals surface area contributed by atoms with Crippen molar-refractivity contribution >= 4 is 21.6 Å². The molecule has 1 aromatic heterocycles. The third-order valence-corrected chi connectivity index (χ3v) is 7.86. The molecule has 0 aliphatic carbocycles. The Morgan fingerprint density at radius 2 is 1.89 bits per heavy atom. The normalized spacial score (nSPS) is 15.3. The molecule has 0 bridgehead atoms. The molecule has 1 N–H and O–H groups in total. The van der Waals surface area contributed by atoms with Gasteiger partial charge in [-0.15, -0.1) is 0 Å². The lowest BCUT2D eigenvalue weighted by Gasteiger charge is -2.29. The molecular weight excluding hydrogens is 468 g/mol. The monoisotopic (exact) mass is 498 g/mol. The summed E-state index contributed by atoms with van der Waals surface area (Å²) in [6.45, 7) is 4.67. The van der Waals surface area contributed by atoms with Crippen molar-refractivity contribution in [2.24, 2.45) is 5.92 Å². The van der Waals surface area contributed by atoms with Gasteiger partial charge < -0.3 is 14.6 Å². The van der Waals surface area contributed by atoms with Gasteiger partial charge in [0.15, 0.2) is 5.82 Å². The number of hydrogen-bond donors (Lipinski definition) is 1. The highest BCUT2D eigenvalue weighted by molar-refractivity contribution is 7.89. The summed E-state index contributed by atoms with van der Waals surface area (Å²) in [4.78, 5) is 16.7. The fraction of sp³-hybridized carbons (Fsp3) is 0.400. The molecule has 0 spiro atoms. The number of hydrogen-bond acceptors (Lipinski definition) is 7. The fourth-order valence-electron chi connectivity index (χ4n) is 4.07. The lowest BCUT2D eigenvalue weighted by Crippen LogP contribution is -2.38. The summed E-state index contributed by atoms with van der Waals surface area (Å²) >= 11 is 0. The molecule has 10 heteroatoms. The molecule has 2 aromatic carbocycles. The summed E-state index contributed by atoms with van der Waals surface area (Å²) in [6, 6.07) is 13.7. The molecule has 35 heavy (non-hydrogen) atoms. The van der Waals surface area contributed by atoms with Gasteiger partial charge in [0.25, 0.3) is 5.89 Å². The minimum absolute atomic E-state index is 0.0168. The number of rotatable bonds is 8. The number of ether oxygens (including phenoxy) is 1. The number of methoxy groups -OCH3 is 1. The van der Waals surface area contributed by atoms with Gasteiger partial charge in [0.2, 0.25) is 15.9 Å². The van der Waals surface area contributed by atoms with Gasteiger partial charge in [-0.3, -0.25) is 4.79 Å². The smallest absolute Gasteiger partial charge is 0.258 e. The lowest BCUT2D eigenvalue weighted by atomic mass is 9.97. The van der Waals surface area contributed by atoms with Crippen molar-refractivity contribution in [3.05, 3.63) is 54.4 Å². The second-order valence-corrected chi connectivity index (χ2v) is 11.0. The van der Waals surface area contributed by atoms with Crippen LogP contribution in [0.1, 0.15) is 44.9 Å². The van der Waals surface area contributed by atoms with Crippen LogP contribution in [0.5, 0.6) is 5.75 Å². The second-order valence-electron chi connectivity index (χ2n) is 9.04. The highest BCUT2D eigenvalue weighted by Gasteiger charge is 2.32. The van der Waals surface area contributed by atoms with Crippen molar-refractivity contribution in [3.8, 4) is 17.2 Å². The van der Waals surface area contributed by atoms with E-state index in [1.807, 2.05) is 38.1 Å². The van der Waals surface area contributed by atoms with Crippen LogP contribution in [-0.2, 0) is 14.8 Å². The average Bonchev–Trinajstić information content (AvgIpc) is 3.34. The Bertz CT molecular complexity index is 1260. The Balaban J connectivity index is 1.37. The quantitative estimate of drug-likeness (QED) is 0.492. The van der Waals surface area contributed by atoms with E-state index in [2.05, 4.69) is 15.5 Å². The minimum atomic E-state index is -3.63. The molecule has 4 rings (SSSR count). The van der Waals surface area contributed by atoms with E-state index in [0.717, 1.165) is 5.56 Å². The number of benzene rings is 2. The standard InChI is InChI=1S/C25H30N4O5S/c1-17(2)15-23(30)26-20-7-9-22(10-8-20)35(31,32)29-13-11-18(12-14-29)24-27-25(34-28-24)19-5-4-6-21(16-19)33-3/h4-10,16-18H,11-15H2,1-3H3,(H,26,30). The molecule has 0 radical (unpaired) electrons. The van der Waals surface area contributed by atoms with Crippen LogP contribution in [0.2, 0.25) is 0 Å². The maximum absolute atomic E-state index is 13.1. The van der Waals surface area contributed by atoms with Gasteiger partial charge in [-0.25, -0.2) is 8.42 Å². The first-order valence-corrected chi connectivity index (χ1v) is 13.1. The maximum Gasteiger partial charge on any atom is 0.258 e. The molecule has 9 nitrogen and oxygen atoms in total. The fourth-order valence-corrected chi connectivity index (χ4v) is 5.54. The summed E-state index contributed by atoms with van der Waals surface area (Å²) < 4.78 is 38.5. The van der Waals surface area contributed by atoms with Crippen molar-refractivity contribution in [2.45, 2.75) is 43.9 Å². The highest BCUT2D eigenvalue weighted by atomic mass is 32.2. The van der Waals surface area contributed by atoms with Crippen molar-refractivity contribution in [2.75, 3.05) is 25.5 Å². The Labute approximate surface area is 205 Å². The molecule has 1 saturated heterocycles. The van der Waals surface area contributed by atoms with Crippen molar-refractivity contribution in [1.29, 1.82) is 0 Å². The largest absolute Gasteiger partial charge is 0.497 e. The zero-order valence-electron chi connectivity index (χ0n) is 20.1. The number of nitrogens with zero attached hydrogens (tertiary/aromatic N) is 3. The number of amides is 1. The Morgan fingerprint density at radius 3 is 2.54 bits per heavy atom. The number of anilines is 1. The van der Waals surface area contributed by atoms with Gasteiger partial charge in [0, 0.05) is 36.7 Å². The topological polar surface area (TPSA) is 115 Å². The number of nitrogens with one attached hydrogen (secondary N) is 1. The van der Waals surface area contributed by atoms with Gasteiger partial charge in [0.1, 0.15) is 5.75 Å². The molecule has 1 aliphatic heterocycles. The van der Waals surface area contributed by atoms with E-state index in [9.17, 15) is 13.2 Å². The zero-order valence-corrected chi connectivity index (χ0v) is 20.9. The van der Waals surface area contributed by atoms with Crippen molar-refractivity contribution < 1.29 is 22.5 Å². The van der Waals surface area contributed by atoms with Gasteiger partial charge >= 0.3 is 0 Å². The predicted molar refractivity (Wildman–Crippen MR) is 132 cm³/mol. The molecular formula is C25H30N4O5S. The van der Waals surface area contributed by atoms with Gasteiger partial charge in [-0.05, 0) is 61.2 Å².